The smallest absolute Gasteiger partial charge is 0.220 e. The van der Waals surface area contributed by atoms with Crippen LogP contribution in [0.25, 0.3) is 0 Å². The van der Waals surface area contributed by atoms with Crippen molar-refractivity contribution in [3.8, 4) is 0 Å². The molecule has 1 saturated heterocycles. The van der Waals surface area contributed by atoms with Crippen molar-refractivity contribution >= 4 is 5.91 Å². The monoisotopic (exact) mass is 184 g/mol. The molecular formula is C10H20N2O. The summed E-state index contributed by atoms with van der Waals surface area (Å²) in [5, 5.41) is 2.92. The highest BCUT2D eigenvalue weighted by atomic mass is 16.1. The van der Waals surface area contributed by atoms with Gasteiger partial charge >= 0.3 is 0 Å². The van der Waals surface area contributed by atoms with Gasteiger partial charge in [-0.3, -0.25) is 4.79 Å². The fraction of sp³-hybridized carbons (Fsp3) is 0.900. The number of likely N-dealkylation sites (tertiary alicyclic amines) is 1. The highest BCUT2D eigenvalue weighted by Gasteiger charge is 2.21. The third kappa shape index (κ3) is 3.77. The summed E-state index contributed by atoms with van der Waals surface area (Å²) in [6.07, 6.45) is 2.91. The quantitative estimate of drug-likeness (QED) is 0.702. The van der Waals surface area contributed by atoms with Gasteiger partial charge in [-0.25, -0.2) is 0 Å². The van der Waals surface area contributed by atoms with Gasteiger partial charge in [-0.2, -0.15) is 0 Å². The predicted molar refractivity (Wildman–Crippen MR) is 53.5 cm³/mol. The number of amides is 1. The van der Waals surface area contributed by atoms with E-state index in [-0.39, 0.29) is 5.91 Å². The van der Waals surface area contributed by atoms with E-state index in [1.165, 1.54) is 6.42 Å². The molecule has 1 aliphatic heterocycles. The van der Waals surface area contributed by atoms with Gasteiger partial charge < -0.3 is 10.2 Å². The van der Waals surface area contributed by atoms with Crippen molar-refractivity contribution in [2.75, 3.05) is 26.7 Å². The predicted octanol–water partition coefficient (Wildman–Crippen LogP) is 0.854. The van der Waals surface area contributed by atoms with E-state index in [4.69, 9.17) is 0 Å². The molecule has 0 aromatic carbocycles. The second-order valence-electron chi connectivity index (χ2n) is 3.97. The lowest BCUT2D eigenvalue weighted by Crippen LogP contribution is -2.27. The second-order valence-corrected chi connectivity index (χ2v) is 3.97. The molecule has 1 amide bonds. The Morgan fingerprint density at radius 2 is 2.38 bits per heavy atom. The summed E-state index contributed by atoms with van der Waals surface area (Å²) in [7, 11) is 2.12. The molecular weight excluding hydrogens is 164 g/mol. The molecule has 1 rings (SSSR count). The van der Waals surface area contributed by atoms with E-state index in [0.717, 1.165) is 26.1 Å². The molecule has 0 radical (unpaired) electrons. The van der Waals surface area contributed by atoms with Gasteiger partial charge in [0.2, 0.25) is 5.91 Å². The normalized spacial score (nSPS) is 23.4. The van der Waals surface area contributed by atoms with E-state index in [9.17, 15) is 4.79 Å². The third-order valence-corrected chi connectivity index (χ3v) is 2.54. The van der Waals surface area contributed by atoms with E-state index in [1.54, 1.807) is 0 Å². The Bertz CT molecular complexity index is 170. The van der Waals surface area contributed by atoms with Gasteiger partial charge in [0.25, 0.3) is 0 Å². The summed E-state index contributed by atoms with van der Waals surface area (Å²) in [4.78, 5) is 13.6. The van der Waals surface area contributed by atoms with Crippen molar-refractivity contribution in [3.63, 3.8) is 0 Å². The average molecular weight is 184 g/mol. The fourth-order valence-corrected chi connectivity index (χ4v) is 1.79. The molecule has 0 bridgehead atoms. The first kappa shape index (κ1) is 10.5. The molecule has 1 fully saturated rings. The van der Waals surface area contributed by atoms with Crippen LogP contribution in [0, 0.1) is 5.92 Å². The molecule has 0 aromatic rings. The molecule has 1 heterocycles. The Balaban J connectivity index is 2.13. The topological polar surface area (TPSA) is 32.3 Å². The number of hydrogen-bond donors (Lipinski definition) is 1. The zero-order valence-electron chi connectivity index (χ0n) is 8.68. The standard InChI is InChI=1S/C10H20N2O/c1-3-5-11-10(13)7-9-4-6-12(2)8-9/h9H,3-8H2,1-2H3,(H,11,13). The number of nitrogens with one attached hydrogen (secondary N) is 1. The largest absolute Gasteiger partial charge is 0.356 e. The molecule has 1 N–H and O–H groups in total. The van der Waals surface area contributed by atoms with Crippen molar-refractivity contribution in [2.45, 2.75) is 26.2 Å². The van der Waals surface area contributed by atoms with Crippen LogP contribution in [-0.2, 0) is 4.79 Å². The number of rotatable bonds is 4. The summed E-state index contributed by atoms with van der Waals surface area (Å²) in [5.41, 5.74) is 0. The highest BCUT2D eigenvalue weighted by molar-refractivity contribution is 5.76. The molecule has 1 aliphatic rings. The number of nitrogens with zero attached hydrogens (tertiary/aromatic N) is 1. The minimum atomic E-state index is 0.224. The van der Waals surface area contributed by atoms with Crippen LogP contribution >= 0.6 is 0 Å². The van der Waals surface area contributed by atoms with Gasteiger partial charge in [-0.05, 0) is 32.4 Å². The van der Waals surface area contributed by atoms with Crippen LogP contribution in [0.5, 0.6) is 0 Å². The summed E-state index contributed by atoms with van der Waals surface area (Å²) in [6, 6.07) is 0. The van der Waals surface area contributed by atoms with Crippen LogP contribution in [-0.4, -0.2) is 37.5 Å². The van der Waals surface area contributed by atoms with Gasteiger partial charge in [0.15, 0.2) is 0 Å². The summed E-state index contributed by atoms with van der Waals surface area (Å²) >= 11 is 0. The van der Waals surface area contributed by atoms with E-state index in [1.807, 2.05) is 0 Å². The van der Waals surface area contributed by atoms with Gasteiger partial charge in [-0.15, -0.1) is 0 Å². The van der Waals surface area contributed by atoms with Crippen LogP contribution in [0.1, 0.15) is 26.2 Å². The maximum absolute atomic E-state index is 11.3. The van der Waals surface area contributed by atoms with Crippen molar-refractivity contribution < 1.29 is 4.79 Å². The number of hydrogen-bond acceptors (Lipinski definition) is 2. The van der Waals surface area contributed by atoms with Crippen molar-refractivity contribution in [1.29, 1.82) is 0 Å². The first-order chi connectivity index (χ1) is 6.22. The van der Waals surface area contributed by atoms with Crippen molar-refractivity contribution in [3.05, 3.63) is 0 Å². The molecule has 3 heteroatoms. The molecule has 1 unspecified atom stereocenters. The molecule has 3 nitrogen and oxygen atoms in total. The minimum Gasteiger partial charge on any atom is -0.356 e. The highest BCUT2D eigenvalue weighted by Crippen LogP contribution is 2.17. The summed E-state index contributed by atoms with van der Waals surface area (Å²) in [6.45, 7) is 5.12. The van der Waals surface area contributed by atoms with Gasteiger partial charge in [0, 0.05) is 19.5 Å². The van der Waals surface area contributed by atoms with Crippen LogP contribution in [0.4, 0.5) is 0 Å². The van der Waals surface area contributed by atoms with Gasteiger partial charge in [-0.1, -0.05) is 6.92 Å². The lowest BCUT2D eigenvalue weighted by molar-refractivity contribution is -0.121. The molecule has 0 aliphatic carbocycles. The van der Waals surface area contributed by atoms with Crippen molar-refractivity contribution in [1.82, 2.24) is 10.2 Å². The van der Waals surface area contributed by atoms with Crippen LogP contribution in [0.2, 0.25) is 0 Å². The Morgan fingerprint density at radius 3 is 2.92 bits per heavy atom. The first-order valence-corrected chi connectivity index (χ1v) is 5.17. The molecule has 0 saturated carbocycles. The lowest BCUT2D eigenvalue weighted by atomic mass is 10.0. The Labute approximate surface area is 80.5 Å². The average Bonchev–Trinajstić information content (AvgIpc) is 2.48. The molecule has 0 aromatic heterocycles. The van der Waals surface area contributed by atoms with E-state index >= 15 is 0 Å². The summed E-state index contributed by atoms with van der Waals surface area (Å²) in [5.74, 6) is 0.809. The maximum Gasteiger partial charge on any atom is 0.220 e. The molecule has 0 spiro atoms. The first-order valence-electron chi connectivity index (χ1n) is 5.17. The van der Waals surface area contributed by atoms with E-state index in [0.29, 0.717) is 12.3 Å². The number of carbonyl (C=O) groups is 1. The zero-order chi connectivity index (χ0) is 9.68. The number of carbonyl (C=O) groups excluding carboxylic acids is 1. The van der Waals surface area contributed by atoms with Crippen LogP contribution in [0.3, 0.4) is 0 Å². The zero-order valence-corrected chi connectivity index (χ0v) is 8.68. The van der Waals surface area contributed by atoms with Crippen LogP contribution in [0.15, 0.2) is 0 Å². The third-order valence-electron chi connectivity index (χ3n) is 2.54. The Morgan fingerprint density at radius 1 is 1.62 bits per heavy atom. The van der Waals surface area contributed by atoms with E-state index in [2.05, 4.69) is 24.2 Å². The van der Waals surface area contributed by atoms with Crippen LogP contribution < -0.4 is 5.32 Å². The maximum atomic E-state index is 11.3. The second kappa shape index (κ2) is 5.22. The Kier molecular flexibility index (Phi) is 4.22. The molecule has 76 valence electrons. The SMILES string of the molecule is CCCNC(=O)CC1CCN(C)C1. The molecule has 13 heavy (non-hydrogen) atoms. The fourth-order valence-electron chi connectivity index (χ4n) is 1.79. The van der Waals surface area contributed by atoms with E-state index < -0.39 is 0 Å². The lowest BCUT2D eigenvalue weighted by Gasteiger charge is -2.09. The summed E-state index contributed by atoms with van der Waals surface area (Å²) < 4.78 is 0. The van der Waals surface area contributed by atoms with Crippen molar-refractivity contribution in [2.24, 2.45) is 5.92 Å². The molecule has 1 atom stereocenters. The minimum absolute atomic E-state index is 0.224. The van der Waals surface area contributed by atoms with Gasteiger partial charge in [0.05, 0.1) is 0 Å². The van der Waals surface area contributed by atoms with Gasteiger partial charge in [0.1, 0.15) is 0 Å². The Hall–Kier alpha value is -0.570.